The first kappa shape index (κ1) is 13.9. The zero-order valence-electron chi connectivity index (χ0n) is 10.8. The Balaban J connectivity index is 2.36. The molecule has 0 radical (unpaired) electrons. The summed E-state index contributed by atoms with van der Waals surface area (Å²) < 4.78 is 24.8. The number of rotatable bonds is 1. The summed E-state index contributed by atoms with van der Waals surface area (Å²) in [5, 5.41) is 10.6. The lowest BCUT2D eigenvalue weighted by atomic mass is 10.0. The fourth-order valence-electron chi connectivity index (χ4n) is 2.39. The third kappa shape index (κ3) is 2.07. The van der Waals surface area contributed by atoms with Gasteiger partial charge in [0.1, 0.15) is 0 Å². The van der Waals surface area contributed by atoms with Crippen molar-refractivity contribution in [2.24, 2.45) is 0 Å². The molecule has 21 heavy (non-hydrogen) atoms. The van der Waals surface area contributed by atoms with Gasteiger partial charge in [-0.15, -0.1) is 0 Å². The van der Waals surface area contributed by atoms with E-state index in [1.165, 1.54) is 12.1 Å². The van der Waals surface area contributed by atoms with Crippen LogP contribution in [0.15, 0.2) is 29.2 Å². The number of fused-ring (bicyclic) bond motifs is 2. The van der Waals surface area contributed by atoms with Crippen molar-refractivity contribution in [2.75, 3.05) is 0 Å². The molecule has 2 aromatic rings. The van der Waals surface area contributed by atoms with Gasteiger partial charge in [-0.25, -0.2) is 8.42 Å². The van der Waals surface area contributed by atoms with E-state index in [-0.39, 0.29) is 25.9 Å². The van der Waals surface area contributed by atoms with Gasteiger partial charge in [0.15, 0.2) is 9.84 Å². The molecule has 1 aromatic heterocycles. The van der Waals surface area contributed by atoms with E-state index < -0.39 is 26.3 Å². The van der Waals surface area contributed by atoms with Crippen LogP contribution in [-0.4, -0.2) is 19.1 Å². The van der Waals surface area contributed by atoms with Gasteiger partial charge >= 0.3 is 5.00 Å². The van der Waals surface area contributed by atoms with Gasteiger partial charge in [0.05, 0.1) is 20.4 Å². The largest absolute Gasteiger partial charge is 0.325 e. The molecule has 6 nitrogen and oxygen atoms in total. The predicted molar refractivity (Wildman–Crippen MR) is 76.5 cm³/mol. The summed E-state index contributed by atoms with van der Waals surface area (Å²) >= 11 is 0.725. The molecule has 0 amide bonds. The molecule has 1 aromatic carbocycles. The van der Waals surface area contributed by atoms with Crippen LogP contribution in [0.3, 0.4) is 0 Å². The summed E-state index contributed by atoms with van der Waals surface area (Å²) in [5.74, 6) is -0.855. The highest BCUT2D eigenvalue weighted by Crippen LogP contribution is 2.38. The number of ketones is 1. The van der Waals surface area contributed by atoms with E-state index >= 15 is 0 Å². The molecular weight excluding hydrogens is 314 g/mol. The zero-order valence-corrected chi connectivity index (χ0v) is 12.5. The maximum atomic E-state index is 12.6. The lowest BCUT2D eigenvalue weighted by Gasteiger charge is -2.07. The Morgan fingerprint density at radius 1 is 1.33 bits per heavy atom. The lowest BCUT2D eigenvalue weighted by molar-refractivity contribution is -0.380. The van der Waals surface area contributed by atoms with Crippen molar-refractivity contribution in [3.8, 4) is 0 Å². The van der Waals surface area contributed by atoms with Crippen molar-refractivity contribution in [3.63, 3.8) is 0 Å². The number of carbonyl (C=O) groups is 1. The number of nitro groups is 1. The highest BCUT2D eigenvalue weighted by molar-refractivity contribution is 7.90. The smallest absolute Gasteiger partial charge is 0.288 e. The average molecular weight is 323 g/mol. The van der Waals surface area contributed by atoms with E-state index in [0.717, 1.165) is 11.3 Å². The molecule has 8 heteroatoms. The maximum absolute atomic E-state index is 12.6. The van der Waals surface area contributed by atoms with Crippen LogP contribution in [0.4, 0.5) is 5.00 Å². The van der Waals surface area contributed by atoms with E-state index in [2.05, 4.69) is 0 Å². The summed E-state index contributed by atoms with van der Waals surface area (Å²) in [6.45, 7) is 1.65. The minimum absolute atomic E-state index is 0.00134. The minimum Gasteiger partial charge on any atom is -0.288 e. The summed E-state index contributed by atoms with van der Waals surface area (Å²) in [5.41, 5.74) is 0.866. The van der Waals surface area contributed by atoms with Gasteiger partial charge in [0, 0.05) is 11.6 Å². The third-order valence-corrected chi connectivity index (χ3v) is 6.15. The Kier molecular flexibility index (Phi) is 2.96. The van der Waals surface area contributed by atoms with Crippen LogP contribution in [-0.2, 0) is 15.6 Å². The van der Waals surface area contributed by atoms with Crippen LogP contribution >= 0.6 is 11.3 Å². The Labute approximate surface area is 124 Å². The second kappa shape index (κ2) is 4.47. The van der Waals surface area contributed by atoms with Gasteiger partial charge < -0.3 is 0 Å². The molecule has 0 aliphatic carbocycles. The van der Waals surface area contributed by atoms with E-state index in [1.54, 1.807) is 19.1 Å². The van der Waals surface area contributed by atoms with E-state index in [0.29, 0.717) is 5.56 Å². The fraction of sp³-hybridized carbons (Fsp3) is 0.154. The first-order valence-corrected chi connectivity index (χ1v) is 8.42. The summed E-state index contributed by atoms with van der Waals surface area (Å²) in [4.78, 5) is 23.0. The molecule has 0 bridgehead atoms. The topological polar surface area (TPSA) is 94.3 Å². The molecule has 2 heterocycles. The molecule has 0 fully saturated rings. The molecule has 1 aliphatic heterocycles. The molecule has 108 valence electrons. The molecular formula is C13H9NO5S2. The van der Waals surface area contributed by atoms with Crippen LogP contribution in [0, 0.1) is 17.0 Å². The SMILES string of the molecule is Cc1cccc2c1C(=O)c1sc([N+](=O)[O-])cc1CS2(=O)=O. The zero-order chi connectivity index (χ0) is 15.4. The van der Waals surface area contributed by atoms with Crippen LogP contribution in [0.25, 0.3) is 0 Å². The Hall–Kier alpha value is -2.06. The highest BCUT2D eigenvalue weighted by atomic mass is 32.2. The van der Waals surface area contributed by atoms with Gasteiger partial charge in [-0.2, -0.15) is 0 Å². The molecule has 0 spiro atoms. The van der Waals surface area contributed by atoms with Gasteiger partial charge in [0.2, 0.25) is 5.78 Å². The number of hydrogen-bond acceptors (Lipinski definition) is 6. The number of carbonyl (C=O) groups excluding carboxylic acids is 1. The van der Waals surface area contributed by atoms with Crippen molar-refractivity contribution >= 4 is 32.0 Å². The quantitative estimate of drug-likeness (QED) is 0.593. The first-order chi connectivity index (χ1) is 9.81. The Bertz CT molecular complexity index is 895. The average Bonchev–Trinajstić information content (AvgIpc) is 2.78. The van der Waals surface area contributed by atoms with Gasteiger partial charge in [0.25, 0.3) is 0 Å². The van der Waals surface area contributed by atoms with Crippen LogP contribution in [0.2, 0.25) is 0 Å². The number of hydrogen-bond donors (Lipinski definition) is 0. The molecule has 3 rings (SSSR count). The summed E-state index contributed by atoms with van der Waals surface area (Å²) in [6, 6.07) is 5.82. The number of sulfone groups is 1. The second-order valence-electron chi connectivity index (χ2n) is 4.73. The standard InChI is InChI=1S/C13H9NO5S2/c1-7-3-2-4-9-11(7)12(15)13-8(6-21(9,18)19)5-10(20-13)14(16)17/h2-5H,6H2,1H3. The molecule has 0 saturated carbocycles. The van der Waals surface area contributed by atoms with Crippen molar-refractivity contribution < 1.29 is 18.1 Å². The van der Waals surface area contributed by atoms with Crippen LogP contribution < -0.4 is 0 Å². The predicted octanol–water partition coefficient (Wildman–Crippen LogP) is 2.48. The van der Waals surface area contributed by atoms with Gasteiger partial charge in [-0.05, 0) is 24.1 Å². The lowest BCUT2D eigenvalue weighted by Crippen LogP contribution is -2.08. The van der Waals surface area contributed by atoms with Crippen LogP contribution in [0.1, 0.15) is 26.4 Å². The molecule has 1 aliphatic rings. The summed E-state index contributed by atoms with van der Waals surface area (Å²) in [7, 11) is -3.70. The summed E-state index contributed by atoms with van der Waals surface area (Å²) in [6.07, 6.45) is 0. The monoisotopic (exact) mass is 323 g/mol. The number of thiophene rings is 1. The molecule has 0 unspecified atom stereocenters. The molecule has 0 N–H and O–H groups in total. The van der Waals surface area contributed by atoms with Crippen molar-refractivity contribution in [3.05, 3.63) is 55.9 Å². The van der Waals surface area contributed by atoms with E-state index in [1.807, 2.05) is 0 Å². The minimum atomic E-state index is -3.70. The normalized spacial score (nSPS) is 16.0. The van der Waals surface area contributed by atoms with Gasteiger partial charge in [-0.3, -0.25) is 14.9 Å². The van der Waals surface area contributed by atoms with Crippen molar-refractivity contribution in [2.45, 2.75) is 17.6 Å². The number of benzene rings is 1. The van der Waals surface area contributed by atoms with E-state index in [9.17, 15) is 23.3 Å². The van der Waals surface area contributed by atoms with E-state index in [4.69, 9.17) is 0 Å². The number of aryl methyl sites for hydroxylation is 1. The number of nitrogens with zero attached hydrogens (tertiary/aromatic N) is 1. The van der Waals surface area contributed by atoms with Crippen molar-refractivity contribution in [1.82, 2.24) is 0 Å². The molecule has 0 saturated heterocycles. The molecule has 0 atom stereocenters. The van der Waals surface area contributed by atoms with Crippen LogP contribution in [0.5, 0.6) is 0 Å². The highest BCUT2D eigenvalue weighted by Gasteiger charge is 2.34. The first-order valence-electron chi connectivity index (χ1n) is 5.95. The van der Waals surface area contributed by atoms with Gasteiger partial charge in [-0.1, -0.05) is 23.5 Å². The third-order valence-electron chi connectivity index (χ3n) is 3.32. The Morgan fingerprint density at radius 3 is 2.71 bits per heavy atom. The Morgan fingerprint density at radius 2 is 2.05 bits per heavy atom. The maximum Gasteiger partial charge on any atom is 0.325 e. The second-order valence-corrected chi connectivity index (χ2v) is 7.72. The fourth-order valence-corrected chi connectivity index (χ4v) is 5.07. The van der Waals surface area contributed by atoms with Crippen molar-refractivity contribution in [1.29, 1.82) is 0 Å².